The van der Waals surface area contributed by atoms with Crippen molar-refractivity contribution in [2.75, 3.05) is 0 Å². The van der Waals surface area contributed by atoms with Crippen molar-refractivity contribution in [2.45, 2.75) is 65.9 Å². The molecule has 2 nitrogen and oxygen atoms in total. The minimum absolute atomic E-state index is 0.180. The first-order valence-corrected chi connectivity index (χ1v) is 8.75. The summed E-state index contributed by atoms with van der Waals surface area (Å²) in [5.41, 5.74) is 2.98. The van der Waals surface area contributed by atoms with Crippen LogP contribution in [0.25, 0.3) is 0 Å². The van der Waals surface area contributed by atoms with E-state index in [4.69, 9.17) is 4.42 Å². The summed E-state index contributed by atoms with van der Waals surface area (Å²) < 4.78 is 5.16. The van der Waals surface area contributed by atoms with Gasteiger partial charge in [-0.1, -0.05) is 32.4 Å². The van der Waals surface area contributed by atoms with Crippen LogP contribution < -0.4 is 0 Å². The summed E-state index contributed by atoms with van der Waals surface area (Å²) in [6.07, 6.45) is 11.2. The molecule has 0 bridgehead atoms. The smallest absolute Gasteiger partial charge is 0.0960 e. The van der Waals surface area contributed by atoms with Gasteiger partial charge in [-0.3, -0.25) is 0 Å². The van der Waals surface area contributed by atoms with Gasteiger partial charge in [0.2, 0.25) is 0 Å². The highest BCUT2D eigenvalue weighted by molar-refractivity contribution is 5.21. The zero-order valence-electron chi connectivity index (χ0n) is 14.4. The molecule has 2 aliphatic carbocycles. The summed E-state index contributed by atoms with van der Waals surface area (Å²) in [4.78, 5) is 0. The predicted octanol–water partition coefficient (Wildman–Crippen LogP) is 5.50. The van der Waals surface area contributed by atoms with Crippen molar-refractivity contribution >= 4 is 0 Å². The van der Waals surface area contributed by atoms with Gasteiger partial charge in [0.25, 0.3) is 0 Å². The zero-order valence-corrected chi connectivity index (χ0v) is 14.4. The Balaban J connectivity index is 1.90. The number of furan rings is 1. The Morgan fingerprint density at radius 2 is 2.14 bits per heavy atom. The third kappa shape index (κ3) is 2.36. The third-order valence-electron chi connectivity index (χ3n) is 7.16. The molecule has 1 aromatic rings. The second kappa shape index (κ2) is 5.56. The lowest BCUT2D eigenvalue weighted by atomic mass is 9.47. The maximum Gasteiger partial charge on any atom is 0.0960 e. The van der Waals surface area contributed by atoms with Crippen LogP contribution in [0.5, 0.6) is 0 Å². The zero-order chi connectivity index (χ0) is 16.0. The molecule has 1 saturated carbocycles. The Bertz CT molecular complexity index is 544. The van der Waals surface area contributed by atoms with Crippen LogP contribution in [0.4, 0.5) is 0 Å². The number of rotatable bonds is 3. The average molecular weight is 302 g/mol. The number of allylic oxidation sites excluding steroid dienone is 2. The lowest BCUT2D eigenvalue weighted by Crippen LogP contribution is -2.50. The lowest BCUT2D eigenvalue weighted by molar-refractivity contribution is -0.0702. The van der Waals surface area contributed by atoms with Crippen molar-refractivity contribution in [1.29, 1.82) is 0 Å². The summed E-state index contributed by atoms with van der Waals surface area (Å²) >= 11 is 0. The van der Waals surface area contributed by atoms with Gasteiger partial charge >= 0.3 is 0 Å². The SMILES string of the molecule is CC1=CCC[C@@H]2[C@@](C)(C[C@@H](O)c3ccoc3)[C@H](C)CC[C@@]12C. The van der Waals surface area contributed by atoms with Crippen LogP contribution in [0.3, 0.4) is 0 Å². The first kappa shape index (κ1) is 15.9. The minimum atomic E-state index is -0.417. The highest BCUT2D eigenvalue weighted by Crippen LogP contribution is 2.62. The molecule has 1 aromatic heterocycles. The summed E-state index contributed by atoms with van der Waals surface area (Å²) in [5.74, 6) is 1.31. The summed E-state index contributed by atoms with van der Waals surface area (Å²) in [7, 11) is 0. The Morgan fingerprint density at radius 3 is 2.82 bits per heavy atom. The number of hydrogen-bond donors (Lipinski definition) is 1. The van der Waals surface area contributed by atoms with E-state index in [2.05, 4.69) is 33.8 Å². The number of aliphatic hydroxyl groups is 1. The third-order valence-corrected chi connectivity index (χ3v) is 7.16. The van der Waals surface area contributed by atoms with Crippen molar-refractivity contribution in [3.05, 3.63) is 35.8 Å². The molecular formula is C20H30O2. The second-order valence-electron chi connectivity index (χ2n) is 8.16. The standard InChI is InChI=1S/C20H30O2/c1-14-6-5-7-18-19(14,3)10-8-15(2)20(18,4)12-17(21)16-9-11-22-13-16/h6,9,11,13,15,17-18,21H,5,7-8,10,12H2,1-4H3/t15-,17-,18+,19+,20+/m1/s1. The van der Waals surface area contributed by atoms with Crippen LogP contribution in [0.2, 0.25) is 0 Å². The number of aliphatic hydroxyl groups excluding tert-OH is 1. The normalized spacial score (nSPS) is 40.0. The molecule has 122 valence electrons. The Hall–Kier alpha value is -1.02. The van der Waals surface area contributed by atoms with Crippen LogP contribution >= 0.6 is 0 Å². The van der Waals surface area contributed by atoms with Crippen molar-refractivity contribution in [2.24, 2.45) is 22.7 Å². The molecule has 1 N–H and O–H groups in total. The molecule has 0 radical (unpaired) electrons. The predicted molar refractivity (Wildman–Crippen MR) is 89.4 cm³/mol. The van der Waals surface area contributed by atoms with Gasteiger partial charge in [-0.05, 0) is 67.8 Å². The molecule has 1 fully saturated rings. The molecule has 3 rings (SSSR count). The summed E-state index contributed by atoms with van der Waals surface area (Å²) in [6, 6.07) is 1.90. The van der Waals surface area contributed by atoms with Crippen molar-refractivity contribution in [3.8, 4) is 0 Å². The first-order valence-electron chi connectivity index (χ1n) is 8.75. The van der Waals surface area contributed by atoms with Gasteiger partial charge in [-0.2, -0.15) is 0 Å². The maximum absolute atomic E-state index is 10.7. The minimum Gasteiger partial charge on any atom is -0.472 e. The Labute approximate surface area is 134 Å². The summed E-state index contributed by atoms with van der Waals surface area (Å²) in [6.45, 7) is 9.57. The van der Waals surface area contributed by atoms with Crippen LogP contribution in [-0.2, 0) is 0 Å². The first-order chi connectivity index (χ1) is 10.4. The molecule has 5 atom stereocenters. The van der Waals surface area contributed by atoms with E-state index in [-0.39, 0.29) is 5.41 Å². The molecule has 0 unspecified atom stereocenters. The van der Waals surface area contributed by atoms with E-state index < -0.39 is 6.10 Å². The van der Waals surface area contributed by atoms with Gasteiger partial charge in [0.1, 0.15) is 0 Å². The monoisotopic (exact) mass is 302 g/mol. The van der Waals surface area contributed by atoms with E-state index in [1.165, 1.54) is 25.7 Å². The van der Waals surface area contributed by atoms with Crippen LogP contribution in [0.1, 0.15) is 71.5 Å². The highest BCUT2D eigenvalue weighted by atomic mass is 16.3. The average Bonchev–Trinajstić information content (AvgIpc) is 3.00. The molecular weight excluding hydrogens is 272 g/mol. The van der Waals surface area contributed by atoms with Crippen LogP contribution in [0.15, 0.2) is 34.7 Å². The Kier molecular flexibility index (Phi) is 4.01. The largest absolute Gasteiger partial charge is 0.472 e. The van der Waals surface area contributed by atoms with Crippen molar-refractivity contribution < 1.29 is 9.52 Å². The molecule has 0 spiro atoms. The topological polar surface area (TPSA) is 33.4 Å². The van der Waals surface area contributed by atoms with Gasteiger partial charge < -0.3 is 9.52 Å². The fraction of sp³-hybridized carbons (Fsp3) is 0.700. The van der Waals surface area contributed by atoms with Crippen LogP contribution in [0, 0.1) is 22.7 Å². The van der Waals surface area contributed by atoms with Crippen LogP contribution in [-0.4, -0.2) is 5.11 Å². The maximum atomic E-state index is 10.7. The van der Waals surface area contributed by atoms with Gasteiger partial charge in [0.05, 0.1) is 18.6 Å². The molecule has 2 aliphatic rings. The van der Waals surface area contributed by atoms with E-state index in [0.717, 1.165) is 12.0 Å². The number of fused-ring (bicyclic) bond motifs is 1. The molecule has 2 heteroatoms. The lowest BCUT2D eigenvalue weighted by Gasteiger charge is -2.58. The van der Waals surface area contributed by atoms with Gasteiger partial charge in [0.15, 0.2) is 0 Å². The number of hydrogen-bond acceptors (Lipinski definition) is 2. The quantitative estimate of drug-likeness (QED) is 0.748. The molecule has 0 amide bonds. The van der Waals surface area contributed by atoms with E-state index in [9.17, 15) is 5.11 Å². The van der Waals surface area contributed by atoms with Gasteiger partial charge in [-0.25, -0.2) is 0 Å². The van der Waals surface area contributed by atoms with Crippen molar-refractivity contribution in [3.63, 3.8) is 0 Å². The van der Waals surface area contributed by atoms with Gasteiger partial charge in [0, 0.05) is 5.56 Å². The molecule has 22 heavy (non-hydrogen) atoms. The van der Waals surface area contributed by atoms with E-state index in [1.54, 1.807) is 18.1 Å². The molecule has 0 aliphatic heterocycles. The fourth-order valence-electron chi connectivity index (χ4n) is 5.25. The molecule has 0 aromatic carbocycles. The summed E-state index contributed by atoms with van der Waals surface area (Å²) in [5, 5.41) is 10.7. The van der Waals surface area contributed by atoms with Crippen molar-refractivity contribution in [1.82, 2.24) is 0 Å². The molecule has 0 saturated heterocycles. The fourth-order valence-corrected chi connectivity index (χ4v) is 5.25. The second-order valence-corrected chi connectivity index (χ2v) is 8.16. The highest BCUT2D eigenvalue weighted by Gasteiger charge is 2.53. The van der Waals surface area contributed by atoms with E-state index >= 15 is 0 Å². The van der Waals surface area contributed by atoms with Gasteiger partial charge in [-0.15, -0.1) is 0 Å². The van der Waals surface area contributed by atoms with E-state index in [0.29, 0.717) is 17.3 Å². The Morgan fingerprint density at radius 1 is 1.36 bits per heavy atom. The van der Waals surface area contributed by atoms with E-state index in [1.807, 2.05) is 6.07 Å². The molecule has 1 heterocycles.